The zero-order chi connectivity index (χ0) is 17.5. The Balaban J connectivity index is 1.42. The van der Waals surface area contributed by atoms with Gasteiger partial charge in [0.2, 0.25) is 13.6 Å². The molecule has 130 valence electrons. The van der Waals surface area contributed by atoms with Gasteiger partial charge >= 0.3 is 5.97 Å². The molecule has 2 aromatic carbocycles. The van der Waals surface area contributed by atoms with Crippen LogP contribution >= 0.6 is 0 Å². The highest BCUT2D eigenvalue weighted by molar-refractivity contribution is 5.97. The zero-order valence-corrected chi connectivity index (χ0v) is 13.4. The Labute approximate surface area is 147 Å². The van der Waals surface area contributed by atoms with Crippen molar-refractivity contribution in [1.82, 2.24) is 10.2 Å². The molecule has 3 heterocycles. The van der Waals surface area contributed by atoms with Crippen LogP contribution < -0.4 is 23.7 Å². The molecule has 0 amide bonds. The second kappa shape index (κ2) is 5.69. The van der Waals surface area contributed by atoms with Gasteiger partial charge in [-0.2, -0.15) is 5.10 Å². The maximum atomic E-state index is 12.6. The van der Waals surface area contributed by atoms with E-state index in [0.717, 1.165) is 5.56 Å². The van der Waals surface area contributed by atoms with Crippen molar-refractivity contribution >= 4 is 5.97 Å². The average molecular weight is 352 g/mol. The van der Waals surface area contributed by atoms with Crippen LogP contribution in [-0.2, 0) is 0 Å². The summed E-state index contributed by atoms with van der Waals surface area (Å²) in [4.78, 5) is 12.6. The van der Waals surface area contributed by atoms with Crippen LogP contribution in [0.2, 0.25) is 0 Å². The van der Waals surface area contributed by atoms with Crippen LogP contribution in [0.25, 0.3) is 11.3 Å². The molecule has 2 aliphatic rings. The molecule has 1 N–H and O–H groups in total. The first-order chi connectivity index (χ1) is 12.8. The number of carbonyl (C=O) groups is 1. The quantitative estimate of drug-likeness (QED) is 0.572. The molecule has 0 unspecified atom stereocenters. The van der Waals surface area contributed by atoms with Gasteiger partial charge in [-0.15, -0.1) is 0 Å². The maximum absolute atomic E-state index is 12.6. The van der Waals surface area contributed by atoms with Crippen LogP contribution in [0.4, 0.5) is 0 Å². The predicted molar refractivity (Wildman–Crippen MR) is 87.7 cm³/mol. The van der Waals surface area contributed by atoms with Gasteiger partial charge < -0.3 is 23.7 Å². The van der Waals surface area contributed by atoms with E-state index in [2.05, 4.69) is 10.2 Å². The number of H-pyrrole nitrogens is 1. The molecule has 0 atom stereocenters. The molecule has 1 aromatic heterocycles. The minimum Gasteiger partial charge on any atom is -0.454 e. The summed E-state index contributed by atoms with van der Waals surface area (Å²) >= 11 is 0. The third kappa shape index (κ3) is 2.39. The molecule has 0 spiro atoms. The number of hydrogen-bond donors (Lipinski definition) is 1. The van der Waals surface area contributed by atoms with E-state index in [0.29, 0.717) is 40.0 Å². The number of hydrogen-bond acceptors (Lipinski definition) is 7. The Morgan fingerprint density at radius 3 is 2.42 bits per heavy atom. The topological polar surface area (TPSA) is 91.9 Å². The SMILES string of the molecule is O=C(Oc1ccc2c(c1)OCO2)c1cn[nH]c1-c1ccc2c(c1)OCO2. The Morgan fingerprint density at radius 1 is 0.923 bits per heavy atom. The summed E-state index contributed by atoms with van der Waals surface area (Å²) in [5.74, 6) is 2.26. The van der Waals surface area contributed by atoms with Crippen LogP contribution in [-0.4, -0.2) is 29.8 Å². The highest BCUT2D eigenvalue weighted by Gasteiger charge is 2.21. The van der Waals surface area contributed by atoms with Crippen molar-refractivity contribution in [1.29, 1.82) is 0 Å². The molecule has 0 bridgehead atoms. The molecule has 5 rings (SSSR count). The number of carbonyl (C=O) groups excluding carboxylic acids is 1. The van der Waals surface area contributed by atoms with Gasteiger partial charge in [0.15, 0.2) is 23.0 Å². The Hall–Kier alpha value is -3.68. The Bertz CT molecular complexity index is 1010. The van der Waals surface area contributed by atoms with Crippen molar-refractivity contribution in [2.45, 2.75) is 0 Å². The predicted octanol–water partition coefficient (Wildman–Crippen LogP) is 2.75. The van der Waals surface area contributed by atoms with Crippen molar-refractivity contribution < 1.29 is 28.5 Å². The molecule has 8 heteroatoms. The zero-order valence-electron chi connectivity index (χ0n) is 13.4. The largest absolute Gasteiger partial charge is 0.454 e. The summed E-state index contributed by atoms with van der Waals surface area (Å²) in [5.41, 5.74) is 1.58. The van der Waals surface area contributed by atoms with Gasteiger partial charge in [-0.25, -0.2) is 4.79 Å². The fourth-order valence-corrected chi connectivity index (χ4v) is 2.82. The molecule has 0 fully saturated rings. The van der Waals surface area contributed by atoms with E-state index in [1.165, 1.54) is 6.20 Å². The Morgan fingerprint density at radius 2 is 1.62 bits per heavy atom. The highest BCUT2D eigenvalue weighted by Crippen LogP contribution is 2.37. The summed E-state index contributed by atoms with van der Waals surface area (Å²) in [5, 5.41) is 6.80. The molecule has 8 nitrogen and oxygen atoms in total. The van der Waals surface area contributed by atoms with E-state index < -0.39 is 5.97 Å². The molecule has 0 saturated carbocycles. The molecule has 0 aliphatic carbocycles. The summed E-state index contributed by atoms with van der Waals surface area (Å²) in [7, 11) is 0. The fourth-order valence-electron chi connectivity index (χ4n) is 2.82. The van der Waals surface area contributed by atoms with E-state index in [1.807, 2.05) is 6.07 Å². The fraction of sp³-hybridized carbons (Fsp3) is 0.111. The van der Waals surface area contributed by atoms with E-state index >= 15 is 0 Å². The summed E-state index contributed by atoms with van der Waals surface area (Å²) in [6.45, 7) is 0.337. The minimum absolute atomic E-state index is 0.155. The average Bonchev–Trinajstić information content (AvgIpc) is 3.39. The van der Waals surface area contributed by atoms with Crippen molar-refractivity contribution in [3.05, 3.63) is 48.2 Å². The Kier molecular flexibility index (Phi) is 3.21. The maximum Gasteiger partial charge on any atom is 0.347 e. The van der Waals surface area contributed by atoms with Gasteiger partial charge in [0.25, 0.3) is 0 Å². The van der Waals surface area contributed by atoms with Crippen molar-refractivity contribution in [2.75, 3.05) is 13.6 Å². The molecule has 0 saturated heterocycles. The first-order valence-corrected chi connectivity index (χ1v) is 7.83. The third-order valence-electron chi connectivity index (χ3n) is 4.08. The van der Waals surface area contributed by atoms with Gasteiger partial charge in [-0.1, -0.05) is 0 Å². The van der Waals surface area contributed by atoms with Gasteiger partial charge in [0.05, 0.1) is 11.9 Å². The lowest BCUT2D eigenvalue weighted by Gasteiger charge is -2.06. The second-order valence-corrected chi connectivity index (χ2v) is 5.63. The van der Waals surface area contributed by atoms with Gasteiger partial charge in [-0.3, -0.25) is 5.10 Å². The molecular formula is C18H12N2O6. The second-order valence-electron chi connectivity index (χ2n) is 5.63. The number of nitrogens with zero attached hydrogens (tertiary/aromatic N) is 1. The van der Waals surface area contributed by atoms with Crippen molar-refractivity contribution in [3.8, 4) is 40.0 Å². The number of aromatic nitrogens is 2. The van der Waals surface area contributed by atoms with Crippen LogP contribution in [0.15, 0.2) is 42.6 Å². The van der Waals surface area contributed by atoms with Crippen molar-refractivity contribution in [3.63, 3.8) is 0 Å². The molecule has 26 heavy (non-hydrogen) atoms. The molecule has 0 radical (unpaired) electrons. The molecule has 3 aromatic rings. The lowest BCUT2D eigenvalue weighted by atomic mass is 10.1. The first-order valence-electron chi connectivity index (χ1n) is 7.83. The van der Waals surface area contributed by atoms with Crippen LogP contribution in [0, 0.1) is 0 Å². The van der Waals surface area contributed by atoms with E-state index in [4.69, 9.17) is 23.7 Å². The number of esters is 1. The number of aromatic amines is 1. The smallest absolute Gasteiger partial charge is 0.347 e. The van der Waals surface area contributed by atoms with E-state index in [-0.39, 0.29) is 13.6 Å². The number of nitrogens with one attached hydrogen (secondary N) is 1. The first kappa shape index (κ1) is 14.6. The summed E-state index contributed by atoms with van der Waals surface area (Å²) < 4.78 is 26.7. The standard InChI is InChI=1S/C18H12N2O6/c21-18(26-11-2-4-14-16(6-11)25-9-23-14)12-7-19-20-17(12)10-1-3-13-15(5-10)24-8-22-13/h1-7H,8-9H2,(H,19,20). The van der Waals surface area contributed by atoms with Crippen LogP contribution in [0.1, 0.15) is 10.4 Å². The number of benzene rings is 2. The van der Waals surface area contributed by atoms with E-state index in [9.17, 15) is 4.79 Å². The monoisotopic (exact) mass is 352 g/mol. The molecule has 2 aliphatic heterocycles. The van der Waals surface area contributed by atoms with Crippen molar-refractivity contribution in [2.24, 2.45) is 0 Å². The van der Waals surface area contributed by atoms with Crippen LogP contribution in [0.3, 0.4) is 0 Å². The number of ether oxygens (including phenoxy) is 5. The number of rotatable bonds is 3. The highest BCUT2D eigenvalue weighted by atomic mass is 16.7. The lowest BCUT2D eigenvalue weighted by Crippen LogP contribution is -2.08. The minimum atomic E-state index is -0.537. The summed E-state index contributed by atoms with van der Waals surface area (Å²) in [6, 6.07) is 10.3. The van der Waals surface area contributed by atoms with Gasteiger partial charge in [0, 0.05) is 11.6 Å². The normalized spacial score (nSPS) is 13.7. The summed E-state index contributed by atoms with van der Waals surface area (Å²) in [6.07, 6.45) is 1.43. The molecular weight excluding hydrogens is 340 g/mol. The lowest BCUT2D eigenvalue weighted by molar-refractivity contribution is 0.0735. The van der Waals surface area contributed by atoms with Gasteiger partial charge in [0.1, 0.15) is 11.3 Å². The van der Waals surface area contributed by atoms with Crippen LogP contribution in [0.5, 0.6) is 28.7 Å². The third-order valence-corrected chi connectivity index (χ3v) is 4.08. The van der Waals surface area contributed by atoms with E-state index in [1.54, 1.807) is 30.3 Å². The number of fused-ring (bicyclic) bond motifs is 2. The van der Waals surface area contributed by atoms with Gasteiger partial charge in [-0.05, 0) is 30.3 Å².